The zero-order valence-electron chi connectivity index (χ0n) is 16.9. The van der Waals surface area contributed by atoms with E-state index in [2.05, 4.69) is 22.2 Å². The number of nitrogens with one attached hydrogen (secondary N) is 2. The lowest BCUT2D eigenvalue weighted by molar-refractivity contribution is 0.0664. The number of piperazine rings is 1. The number of carbonyl (C=O) groups excluding carboxylic acids is 2. The highest BCUT2D eigenvalue weighted by Gasteiger charge is 2.20. The molecule has 0 unspecified atom stereocenters. The maximum atomic E-state index is 12.7. The van der Waals surface area contributed by atoms with Crippen molar-refractivity contribution in [2.45, 2.75) is 6.54 Å². The summed E-state index contributed by atoms with van der Waals surface area (Å²) in [5, 5.41) is 4.32. The Morgan fingerprint density at radius 1 is 1.03 bits per heavy atom. The maximum Gasteiger partial charge on any atom is 0.253 e. The lowest BCUT2D eigenvalue weighted by atomic mass is 10.1. The van der Waals surface area contributed by atoms with Crippen LogP contribution in [0.25, 0.3) is 10.8 Å². The fraction of sp³-hybridized carbons (Fsp3) is 0.261. The lowest BCUT2D eigenvalue weighted by Gasteiger charge is -2.32. The van der Waals surface area contributed by atoms with Crippen LogP contribution < -0.4 is 10.9 Å². The van der Waals surface area contributed by atoms with Gasteiger partial charge in [0, 0.05) is 61.5 Å². The standard InChI is InChI=1S/C23H24N4O3/c1-26-9-11-27(12-10-26)23(30)17-7-5-16(6-8-17)14-25-22(29)19-4-2-3-18-13-21(28)24-15-20(18)19/h2-8,13,15H,9-12,14H2,1H3,(H,24,28)(H,25,29). The SMILES string of the molecule is CN1CCN(C(=O)c2ccc(CNC(=O)c3cccc4cc(=O)[nH]cc34)cc2)CC1. The van der Waals surface area contributed by atoms with Gasteiger partial charge in [0.15, 0.2) is 0 Å². The molecule has 4 rings (SSSR count). The Bertz CT molecular complexity index is 1130. The first kappa shape index (κ1) is 19.8. The minimum atomic E-state index is -0.217. The molecule has 30 heavy (non-hydrogen) atoms. The van der Waals surface area contributed by atoms with Crippen molar-refractivity contribution < 1.29 is 9.59 Å². The van der Waals surface area contributed by atoms with Crippen molar-refractivity contribution in [2.75, 3.05) is 33.2 Å². The number of benzene rings is 2. The van der Waals surface area contributed by atoms with Gasteiger partial charge in [0.1, 0.15) is 0 Å². The van der Waals surface area contributed by atoms with Gasteiger partial charge < -0.3 is 20.1 Å². The number of likely N-dealkylation sites (N-methyl/N-ethyl adjacent to an activating group) is 1. The number of H-pyrrole nitrogens is 1. The molecule has 7 heteroatoms. The van der Waals surface area contributed by atoms with E-state index in [1.54, 1.807) is 24.4 Å². The number of rotatable bonds is 4. The highest BCUT2D eigenvalue weighted by molar-refractivity contribution is 6.06. The molecular weight excluding hydrogens is 380 g/mol. The molecule has 0 aliphatic carbocycles. The first-order valence-electron chi connectivity index (χ1n) is 9.98. The van der Waals surface area contributed by atoms with E-state index in [4.69, 9.17) is 0 Å². The van der Waals surface area contributed by atoms with Crippen LogP contribution >= 0.6 is 0 Å². The summed E-state index contributed by atoms with van der Waals surface area (Å²) in [6.07, 6.45) is 1.56. The summed E-state index contributed by atoms with van der Waals surface area (Å²) in [4.78, 5) is 43.5. The van der Waals surface area contributed by atoms with Gasteiger partial charge in [-0.25, -0.2) is 0 Å². The molecule has 1 aliphatic rings. The largest absolute Gasteiger partial charge is 0.348 e. The van der Waals surface area contributed by atoms with Crippen LogP contribution in [0.5, 0.6) is 0 Å². The molecule has 0 atom stereocenters. The molecule has 1 aliphatic heterocycles. The van der Waals surface area contributed by atoms with E-state index in [1.807, 2.05) is 29.2 Å². The smallest absolute Gasteiger partial charge is 0.253 e. The summed E-state index contributed by atoms with van der Waals surface area (Å²) in [5.41, 5.74) is 1.87. The van der Waals surface area contributed by atoms with Gasteiger partial charge in [-0.05, 0) is 36.2 Å². The second-order valence-corrected chi connectivity index (χ2v) is 7.58. The molecule has 2 amide bonds. The zero-order valence-corrected chi connectivity index (χ0v) is 16.9. The summed E-state index contributed by atoms with van der Waals surface area (Å²) < 4.78 is 0. The van der Waals surface area contributed by atoms with Crippen molar-refractivity contribution in [2.24, 2.45) is 0 Å². The number of aromatic amines is 1. The second kappa shape index (κ2) is 8.51. The third-order valence-electron chi connectivity index (χ3n) is 5.47. The molecule has 2 heterocycles. The van der Waals surface area contributed by atoms with Crippen molar-refractivity contribution in [3.63, 3.8) is 0 Å². The average Bonchev–Trinajstić information content (AvgIpc) is 2.77. The van der Waals surface area contributed by atoms with Crippen LogP contribution in [-0.2, 0) is 6.54 Å². The number of nitrogens with zero attached hydrogens (tertiary/aromatic N) is 2. The molecule has 154 valence electrons. The minimum Gasteiger partial charge on any atom is -0.348 e. The predicted molar refractivity (Wildman–Crippen MR) is 116 cm³/mol. The Balaban J connectivity index is 1.40. The van der Waals surface area contributed by atoms with E-state index in [0.29, 0.717) is 23.1 Å². The third-order valence-corrected chi connectivity index (χ3v) is 5.47. The first-order chi connectivity index (χ1) is 14.5. The maximum absolute atomic E-state index is 12.7. The molecular formula is C23H24N4O3. The van der Waals surface area contributed by atoms with Crippen LogP contribution in [0.15, 0.2) is 59.5 Å². The number of hydrogen-bond acceptors (Lipinski definition) is 4. The molecule has 1 saturated heterocycles. The van der Waals surface area contributed by atoms with Gasteiger partial charge in [-0.2, -0.15) is 0 Å². The molecule has 0 saturated carbocycles. The Labute approximate surface area is 174 Å². The summed E-state index contributed by atoms with van der Waals surface area (Å²) >= 11 is 0. The van der Waals surface area contributed by atoms with Crippen molar-refractivity contribution in [3.05, 3.63) is 81.8 Å². The van der Waals surface area contributed by atoms with E-state index in [1.165, 1.54) is 6.07 Å². The molecule has 1 aromatic heterocycles. The lowest BCUT2D eigenvalue weighted by Crippen LogP contribution is -2.47. The second-order valence-electron chi connectivity index (χ2n) is 7.58. The van der Waals surface area contributed by atoms with Gasteiger partial charge in [-0.15, -0.1) is 0 Å². The van der Waals surface area contributed by atoms with E-state index < -0.39 is 0 Å². The fourth-order valence-electron chi connectivity index (χ4n) is 3.63. The normalized spacial score (nSPS) is 14.6. The fourth-order valence-corrected chi connectivity index (χ4v) is 3.63. The first-order valence-corrected chi connectivity index (χ1v) is 9.98. The van der Waals surface area contributed by atoms with Gasteiger partial charge in [-0.3, -0.25) is 14.4 Å². The Morgan fingerprint density at radius 3 is 2.50 bits per heavy atom. The predicted octanol–water partition coefficient (Wildman–Crippen LogP) is 1.85. The summed E-state index contributed by atoms with van der Waals surface area (Å²) in [6, 6.07) is 14.1. The zero-order chi connectivity index (χ0) is 21.1. The topological polar surface area (TPSA) is 85.5 Å². The quantitative estimate of drug-likeness (QED) is 0.695. The summed E-state index contributed by atoms with van der Waals surface area (Å²) in [5.74, 6) is -0.173. The minimum absolute atomic E-state index is 0.0448. The van der Waals surface area contributed by atoms with Crippen LogP contribution in [0.3, 0.4) is 0 Å². The highest BCUT2D eigenvalue weighted by Crippen LogP contribution is 2.16. The van der Waals surface area contributed by atoms with Gasteiger partial charge in [-0.1, -0.05) is 24.3 Å². The van der Waals surface area contributed by atoms with Gasteiger partial charge >= 0.3 is 0 Å². The van der Waals surface area contributed by atoms with Crippen LogP contribution in [-0.4, -0.2) is 59.8 Å². The van der Waals surface area contributed by atoms with E-state index in [9.17, 15) is 14.4 Å². The molecule has 7 nitrogen and oxygen atoms in total. The average molecular weight is 404 g/mol. The number of amides is 2. The van der Waals surface area contributed by atoms with Crippen LogP contribution in [0, 0.1) is 0 Å². The Hall–Kier alpha value is -3.45. The van der Waals surface area contributed by atoms with E-state index in [0.717, 1.165) is 37.1 Å². The monoisotopic (exact) mass is 404 g/mol. The molecule has 0 radical (unpaired) electrons. The summed E-state index contributed by atoms with van der Waals surface area (Å²) in [7, 11) is 2.06. The van der Waals surface area contributed by atoms with E-state index in [-0.39, 0.29) is 17.4 Å². The third kappa shape index (κ3) is 4.26. The van der Waals surface area contributed by atoms with Crippen molar-refractivity contribution in [1.82, 2.24) is 20.1 Å². The molecule has 0 bridgehead atoms. The van der Waals surface area contributed by atoms with Crippen molar-refractivity contribution in [1.29, 1.82) is 0 Å². The number of carbonyl (C=O) groups is 2. The van der Waals surface area contributed by atoms with Gasteiger partial charge in [0.25, 0.3) is 11.8 Å². The van der Waals surface area contributed by atoms with Crippen LogP contribution in [0.4, 0.5) is 0 Å². The molecule has 2 aromatic carbocycles. The summed E-state index contributed by atoms with van der Waals surface area (Å²) in [6.45, 7) is 3.60. The number of fused-ring (bicyclic) bond motifs is 1. The molecule has 0 spiro atoms. The van der Waals surface area contributed by atoms with Crippen LogP contribution in [0.2, 0.25) is 0 Å². The van der Waals surface area contributed by atoms with Gasteiger partial charge in [0.05, 0.1) is 0 Å². The van der Waals surface area contributed by atoms with E-state index >= 15 is 0 Å². The number of hydrogen-bond donors (Lipinski definition) is 2. The van der Waals surface area contributed by atoms with Gasteiger partial charge in [0.2, 0.25) is 5.56 Å². The Morgan fingerprint density at radius 2 is 1.77 bits per heavy atom. The molecule has 2 N–H and O–H groups in total. The van der Waals surface area contributed by atoms with Crippen molar-refractivity contribution in [3.8, 4) is 0 Å². The molecule has 3 aromatic rings. The Kier molecular flexibility index (Phi) is 5.63. The van der Waals surface area contributed by atoms with Crippen LogP contribution in [0.1, 0.15) is 26.3 Å². The molecule has 1 fully saturated rings. The number of aromatic nitrogens is 1. The number of pyridine rings is 1. The van der Waals surface area contributed by atoms with Crippen molar-refractivity contribution >= 4 is 22.6 Å². The highest BCUT2D eigenvalue weighted by atomic mass is 16.2.